The van der Waals surface area contributed by atoms with Crippen molar-refractivity contribution in [1.29, 1.82) is 0 Å². The number of benzene rings is 2. The molecule has 1 aliphatic heterocycles. The summed E-state index contributed by atoms with van der Waals surface area (Å²) < 4.78 is 44.5. The van der Waals surface area contributed by atoms with Crippen LogP contribution in [0.15, 0.2) is 42.5 Å². The predicted molar refractivity (Wildman–Crippen MR) is 136 cm³/mol. The standard InChI is InChI=1S/C25H25F3N6O3S/c26-18-4-2-1-3-17(18)23-31-32-25(38-23)30-22(36)15-5-8-20(37-24(27)28)19(13-15)29-21(35)14-33-9-11-34(12-10-33)16-6-7-16/h1-5,8,13,16,24H,6-7,9-12,14H2,(H,29,35)(H,30,32,36). The highest BCUT2D eigenvalue weighted by molar-refractivity contribution is 7.18. The number of aromatic nitrogens is 2. The van der Waals surface area contributed by atoms with Crippen molar-refractivity contribution in [1.82, 2.24) is 20.0 Å². The molecule has 0 bridgehead atoms. The van der Waals surface area contributed by atoms with Crippen molar-refractivity contribution < 1.29 is 27.5 Å². The van der Waals surface area contributed by atoms with Crippen LogP contribution in [0.4, 0.5) is 24.0 Å². The first-order chi connectivity index (χ1) is 18.4. The van der Waals surface area contributed by atoms with Crippen LogP contribution < -0.4 is 15.4 Å². The van der Waals surface area contributed by atoms with E-state index in [9.17, 15) is 22.8 Å². The van der Waals surface area contributed by atoms with Crippen molar-refractivity contribution in [2.75, 3.05) is 43.4 Å². The van der Waals surface area contributed by atoms with Crippen molar-refractivity contribution in [3.05, 3.63) is 53.8 Å². The summed E-state index contributed by atoms with van der Waals surface area (Å²) in [5, 5.41) is 13.4. The molecule has 0 spiro atoms. The largest absolute Gasteiger partial charge is 0.433 e. The van der Waals surface area contributed by atoms with Crippen molar-refractivity contribution >= 4 is 34.0 Å². The van der Waals surface area contributed by atoms with Gasteiger partial charge in [0, 0.05) is 43.3 Å². The molecule has 1 saturated carbocycles. The van der Waals surface area contributed by atoms with E-state index in [1.807, 2.05) is 4.90 Å². The molecule has 0 radical (unpaired) electrons. The van der Waals surface area contributed by atoms with Gasteiger partial charge in [-0.25, -0.2) is 4.39 Å². The van der Waals surface area contributed by atoms with E-state index < -0.39 is 24.2 Å². The van der Waals surface area contributed by atoms with Gasteiger partial charge in [0.1, 0.15) is 11.6 Å². The number of hydrogen-bond acceptors (Lipinski definition) is 8. The van der Waals surface area contributed by atoms with Crippen LogP contribution in [0.5, 0.6) is 5.75 Å². The molecule has 2 aliphatic rings. The summed E-state index contributed by atoms with van der Waals surface area (Å²) in [5.74, 6) is -1.75. The smallest absolute Gasteiger partial charge is 0.387 e. The van der Waals surface area contributed by atoms with Gasteiger partial charge in [-0.3, -0.25) is 24.7 Å². The van der Waals surface area contributed by atoms with Crippen molar-refractivity contribution in [2.45, 2.75) is 25.5 Å². The van der Waals surface area contributed by atoms with E-state index in [0.29, 0.717) is 6.04 Å². The number of alkyl halides is 2. The number of anilines is 2. The van der Waals surface area contributed by atoms with Gasteiger partial charge in [-0.15, -0.1) is 10.2 Å². The Labute approximate surface area is 220 Å². The Hall–Kier alpha value is -3.55. The van der Waals surface area contributed by atoms with Gasteiger partial charge in [0.2, 0.25) is 11.0 Å². The number of ether oxygens (including phenoxy) is 1. The summed E-state index contributed by atoms with van der Waals surface area (Å²) in [6.07, 6.45) is 2.45. The highest BCUT2D eigenvalue weighted by Crippen LogP contribution is 2.31. The lowest BCUT2D eigenvalue weighted by Crippen LogP contribution is -2.49. The number of carbonyl (C=O) groups excluding carboxylic acids is 2. The molecule has 2 heterocycles. The zero-order valence-electron chi connectivity index (χ0n) is 20.2. The molecule has 1 aliphatic carbocycles. The quantitative estimate of drug-likeness (QED) is 0.420. The maximum atomic E-state index is 14.0. The van der Waals surface area contributed by atoms with E-state index in [4.69, 9.17) is 0 Å². The first-order valence-electron chi connectivity index (χ1n) is 12.1. The van der Waals surface area contributed by atoms with Gasteiger partial charge in [0.25, 0.3) is 5.91 Å². The maximum Gasteiger partial charge on any atom is 0.387 e. The SMILES string of the molecule is O=C(CN1CCN(C2CC2)CC1)Nc1cc(C(=O)Nc2nnc(-c3ccccc3F)s2)ccc1OC(F)F. The molecule has 1 aromatic heterocycles. The van der Waals surface area contributed by atoms with E-state index in [-0.39, 0.29) is 39.2 Å². The second-order valence-corrected chi connectivity index (χ2v) is 10.0. The molecular formula is C25H25F3N6O3S. The summed E-state index contributed by atoms with van der Waals surface area (Å²) in [6, 6.07) is 10.5. The van der Waals surface area contributed by atoms with Gasteiger partial charge >= 0.3 is 6.61 Å². The minimum absolute atomic E-state index is 0.0520. The number of amides is 2. The van der Waals surface area contributed by atoms with E-state index in [2.05, 4.69) is 30.5 Å². The first-order valence-corrected chi connectivity index (χ1v) is 12.9. The molecule has 200 valence electrons. The highest BCUT2D eigenvalue weighted by atomic mass is 32.1. The molecule has 1 saturated heterocycles. The van der Waals surface area contributed by atoms with Crippen LogP contribution in [0.2, 0.25) is 0 Å². The number of nitrogens with one attached hydrogen (secondary N) is 2. The Morgan fingerprint density at radius 1 is 1.05 bits per heavy atom. The molecule has 2 N–H and O–H groups in total. The summed E-state index contributed by atoms with van der Waals surface area (Å²) in [6.45, 7) is 0.230. The molecule has 2 amide bonds. The number of halogens is 3. The van der Waals surface area contributed by atoms with E-state index >= 15 is 0 Å². The topological polar surface area (TPSA) is 99.7 Å². The van der Waals surface area contributed by atoms with Crippen LogP contribution in [-0.2, 0) is 4.79 Å². The lowest BCUT2D eigenvalue weighted by atomic mass is 10.1. The molecule has 2 fully saturated rings. The molecule has 38 heavy (non-hydrogen) atoms. The maximum absolute atomic E-state index is 14.0. The van der Waals surface area contributed by atoms with Gasteiger partial charge in [0.05, 0.1) is 12.2 Å². The van der Waals surface area contributed by atoms with Crippen LogP contribution in [0.1, 0.15) is 23.2 Å². The van der Waals surface area contributed by atoms with E-state index in [1.54, 1.807) is 18.2 Å². The molecule has 5 rings (SSSR count). The summed E-state index contributed by atoms with van der Waals surface area (Å²) in [7, 11) is 0. The fraction of sp³-hybridized carbons (Fsp3) is 0.360. The normalized spacial score (nSPS) is 16.4. The first kappa shape index (κ1) is 26.1. The second kappa shape index (κ2) is 11.5. The van der Waals surface area contributed by atoms with Crippen molar-refractivity contribution in [2.24, 2.45) is 0 Å². The molecular weight excluding hydrogens is 521 g/mol. The third-order valence-electron chi connectivity index (χ3n) is 6.32. The van der Waals surface area contributed by atoms with Crippen molar-refractivity contribution in [3.63, 3.8) is 0 Å². The average molecular weight is 547 g/mol. The Balaban J connectivity index is 1.25. The zero-order valence-corrected chi connectivity index (χ0v) is 21.0. The monoisotopic (exact) mass is 546 g/mol. The predicted octanol–water partition coefficient (Wildman–Crippen LogP) is 3.92. The fourth-order valence-corrected chi connectivity index (χ4v) is 5.04. The van der Waals surface area contributed by atoms with Gasteiger partial charge in [0.15, 0.2) is 5.01 Å². The molecule has 0 atom stereocenters. The van der Waals surface area contributed by atoms with Gasteiger partial charge < -0.3 is 10.1 Å². The molecule has 2 aromatic carbocycles. The third kappa shape index (κ3) is 6.47. The second-order valence-electron chi connectivity index (χ2n) is 9.03. The number of nitrogens with zero attached hydrogens (tertiary/aromatic N) is 4. The lowest BCUT2D eigenvalue weighted by Gasteiger charge is -2.34. The van der Waals surface area contributed by atoms with Crippen molar-refractivity contribution in [3.8, 4) is 16.3 Å². The lowest BCUT2D eigenvalue weighted by molar-refractivity contribution is -0.117. The number of hydrogen-bond donors (Lipinski definition) is 2. The van der Waals surface area contributed by atoms with Crippen LogP contribution in [0.3, 0.4) is 0 Å². The Morgan fingerprint density at radius 2 is 1.82 bits per heavy atom. The third-order valence-corrected chi connectivity index (χ3v) is 7.19. The minimum atomic E-state index is -3.11. The molecule has 3 aromatic rings. The van der Waals surface area contributed by atoms with Crippen LogP contribution in [0.25, 0.3) is 10.6 Å². The Kier molecular flexibility index (Phi) is 7.86. The number of rotatable bonds is 9. The summed E-state index contributed by atoms with van der Waals surface area (Å²) in [5.41, 5.74) is 0.268. The van der Waals surface area contributed by atoms with Gasteiger partial charge in [-0.2, -0.15) is 8.78 Å². The average Bonchev–Trinajstić information content (AvgIpc) is 3.64. The van der Waals surface area contributed by atoms with Crippen LogP contribution in [0, 0.1) is 5.82 Å². The zero-order chi connectivity index (χ0) is 26.6. The molecule has 0 unspecified atom stereocenters. The van der Waals surface area contributed by atoms with Crippen LogP contribution >= 0.6 is 11.3 Å². The van der Waals surface area contributed by atoms with Crippen LogP contribution in [-0.4, -0.2) is 77.2 Å². The number of piperazine rings is 1. The van der Waals surface area contributed by atoms with E-state index in [1.165, 1.54) is 37.1 Å². The fourth-order valence-electron chi connectivity index (χ4n) is 4.27. The Morgan fingerprint density at radius 3 is 2.53 bits per heavy atom. The van der Waals surface area contributed by atoms with Gasteiger partial charge in [-0.1, -0.05) is 23.5 Å². The summed E-state index contributed by atoms with van der Waals surface area (Å²) in [4.78, 5) is 30.0. The number of carbonyl (C=O) groups is 2. The van der Waals surface area contributed by atoms with E-state index in [0.717, 1.165) is 37.5 Å². The molecule has 9 nitrogen and oxygen atoms in total. The minimum Gasteiger partial charge on any atom is -0.433 e. The van der Waals surface area contributed by atoms with Gasteiger partial charge in [-0.05, 0) is 43.2 Å². The summed E-state index contributed by atoms with van der Waals surface area (Å²) >= 11 is 0.978. The molecule has 13 heteroatoms. The Bertz CT molecular complexity index is 1310. The highest BCUT2D eigenvalue weighted by Gasteiger charge is 2.31.